The molecule has 3 N–H and O–H groups in total. The highest BCUT2D eigenvalue weighted by atomic mass is 32.1. The number of aryl methyl sites for hydroxylation is 1. The van der Waals surface area contributed by atoms with Crippen LogP contribution in [-0.4, -0.2) is 42.3 Å². The number of thiazole rings is 1. The van der Waals surface area contributed by atoms with Crippen LogP contribution in [0.2, 0.25) is 0 Å². The topological polar surface area (TPSA) is 69.5 Å². The zero-order valence-electron chi connectivity index (χ0n) is 14.9. The minimum Gasteiger partial charge on any atom is -0.396 e. The van der Waals surface area contributed by atoms with Crippen molar-refractivity contribution in [1.82, 2.24) is 15.6 Å². The van der Waals surface area contributed by atoms with Gasteiger partial charge in [-0.2, -0.15) is 0 Å². The Kier molecular flexibility index (Phi) is 9.87. The molecule has 0 aliphatic heterocycles. The molecule has 0 spiro atoms. The average molecular weight is 341 g/mol. The van der Waals surface area contributed by atoms with E-state index in [1.54, 1.807) is 11.3 Å². The largest absolute Gasteiger partial charge is 0.396 e. The quantitative estimate of drug-likeness (QED) is 0.452. The molecule has 23 heavy (non-hydrogen) atoms. The third kappa shape index (κ3) is 8.91. The van der Waals surface area contributed by atoms with E-state index >= 15 is 0 Å². The van der Waals surface area contributed by atoms with Crippen LogP contribution in [0.3, 0.4) is 0 Å². The van der Waals surface area contributed by atoms with Crippen LogP contribution in [0.4, 0.5) is 0 Å². The summed E-state index contributed by atoms with van der Waals surface area (Å²) >= 11 is 1.75. The van der Waals surface area contributed by atoms with Crippen LogP contribution in [0.5, 0.6) is 0 Å². The van der Waals surface area contributed by atoms with Gasteiger partial charge in [0.05, 0.1) is 5.01 Å². The molecule has 0 bridgehead atoms. The maximum Gasteiger partial charge on any atom is 0.191 e. The first-order chi connectivity index (χ1) is 11.0. The maximum absolute atomic E-state index is 9.20. The standard InChI is InChI=1S/C17H32N4OS/c1-5-18-17(19-8-6-16-20-11-14(4)23-16)21-12-15(7-9-22)10-13(2)3/h11,13,15,22H,5-10,12H2,1-4H3,(H2,18,19,21). The lowest BCUT2D eigenvalue weighted by Gasteiger charge is -2.17. The van der Waals surface area contributed by atoms with Crippen LogP contribution in [0, 0.1) is 18.8 Å². The zero-order valence-corrected chi connectivity index (χ0v) is 15.7. The third-order valence-corrected chi connectivity index (χ3v) is 4.47. The van der Waals surface area contributed by atoms with Gasteiger partial charge in [0, 0.05) is 43.7 Å². The molecule has 6 heteroatoms. The van der Waals surface area contributed by atoms with E-state index in [0.29, 0.717) is 11.8 Å². The molecule has 1 atom stereocenters. The Morgan fingerprint density at radius 3 is 2.74 bits per heavy atom. The number of guanidine groups is 1. The van der Waals surface area contributed by atoms with Crippen molar-refractivity contribution in [3.8, 4) is 0 Å². The maximum atomic E-state index is 9.20. The van der Waals surface area contributed by atoms with Gasteiger partial charge in [0.15, 0.2) is 5.96 Å². The van der Waals surface area contributed by atoms with E-state index in [2.05, 4.69) is 48.3 Å². The Morgan fingerprint density at radius 2 is 2.17 bits per heavy atom. The summed E-state index contributed by atoms with van der Waals surface area (Å²) in [6.45, 7) is 11.2. The number of aromatic nitrogens is 1. The van der Waals surface area contributed by atoms with E-state index in [4.69, 9.17) is 0 Å². The van der Waals surface area contributed by atoms with Gasteiger partial charge in [-0.1, -0.05) is 13.8 Å². The number of aliphatic hydroxyl groups is 1. The van der Waals surface area contributed by atoms with Gasteiger partial charge < -0.3 is 15.7 Å². The first kappa shape index (κ1) is 19.9. The number of hydrogen-bond donors (Lipinski definition) is 3. The second kappa shape index (κ2) is 11.4. The normalized spacial score (nSPS) is 13.4. The summed E-state index contributed by atoms with van der Waals surface area (Å²) in [5, 5.41) is 17.0. The fourth-order valence-corrected chi connectivity index (χ4v) is 3.29. The van der Waals surface area contributed by atoms with Gasteiger partial charge in [-0.05, 0) is 38.5 Å². The Balaban J connectivity index is 2.47. The Labute approximate surface area is 144 Å². The molecule has 0 saturated carbocycles. The summed E-state index contributed by atoms with van der Waals surface area (Å²) in [4.78, 5) is 10.3. The minimum absolute atomic E-state index is 0.236. The van der Waals surface area contributed by atoms with Crippen molar-refractivity contribution in [3.05, 3.63) is 16.1 Å². The lowest BCUT2D eigenvalue weighted by Crippen LogP contribution is -2.38. The van der Waals surface area contributed by atoms with Crippen molar-refractivity contribution in [3.63, 3.8) is 0 Å². The van der Waals surface area contributed by atoms with Crippen molar-refractivity contribution in [1.29, 1.82) is 0 Å². The second-order valence-corrected chi connectivity index (χ2v) is 7.59. The first-order valence-corrected chi connectivity index (χ1v) is 9.41. The number of aliphatic hydroxyl groups excluding tert-OH is 1. The van der Waals surface area contributed by atoms with Crippen LogP contribution in [0.1, 0.15) is 43.5 Å². The number of hydrogen-bond acceptors (Lipinski definition) is 4. The van der Waals surface area contributed by atoms with Gasteiger partial charge in [0.1, 0.15) is 0 Å². The van der Waals surface area contributed by atoms with Crippen molar-refractivity contribution in [2.45, 2.75) is 47.0 Å². The van der Waals surface area contributed by atoms with Gasteiger partial charge in [0.2, 0.25) is 0 Å². The van der Waals surface area contributed by atoms with E-state index in [0.717, 1.165) is 49.9 Å². The molecular formula is C17H32N4OS. The number of nitrogens with one attached hydrogen (secondary N) is 2. The molecule has 0 amide bonds. The van der Waals surface area contributed by atoms with E-state index in [9.17, 15) is 5.11 Å². The Morgan fingerprint density at radius 1 is 1.39 bits per heavy atom. The van der Waals surface area contributed by atoms with Gasteiger partial charge in [-0.15, -0.1) is 11.3 Å². The molecule has 0 radical (unpaired) electrons. The van der Waals surface area contributed by atoms with Crippen molar-refractivity contribution < 1.29 is 5.11 Å². The summed E-state index contributed by atoms with van der Waals surface area (Å²) < 4.78 is 0. The highest BCUT2D eigenvalue weighted by molar-refractivity contribution is 7.11. The van der Waals surface area contributed by atoms with Gasteiger partial charge >= 0.3 is 0 Å². The lowest BCUT2D eigenvalue weighted by molar-refractivity contribution is 0.245. The lowest BCUT2D eigenvalue weighted by atomic mass is 9.94. The molecule has 1 aromatic rings. The van der Waals surface area contributed by atoms with Crippen LogP contribution >= 0.6 is 11.3 Å². The van der Waals surface area contributed by atoms with Crippen molar-refractivity contribution >= 4 is 17.3 Å². The van der Waals surface area contributed by atoms with Crippen LogP contribution < -0.4 is 10.6 Å². The number of rotatable bonds is 10. The third-order valence-electron chi connectivity index (χ3n) is 3.49. The average Bonchev–Trinajstić information content (AvgIpc) is 2.89. The molecular weight excluding hydrogens is 308 g/mol. The molecule has 1 heterocycles. The van der Waals surface area contributed by atoms with E-state index in [1.165, 1.54) is 4.88 Å². The van der Waals surface area contributed by atoms with E-state index in [-0.39, 0.29) is 6.61 Å². The number of nitrogens with zero attached hydrogens (tertiary/aromatic N) is 2. The predicted molar refractivity (Wildman–Crippen MR) is 99.2 cm³/mol. The smallest absolute Gasteiger partial charge is 0.191 e. The summed E-state index contributed by atoms with van der Waals surface area (Å²) in [5.41, 5.74) is 0. The highest BCUT2D eigenvalue weighted by Gasteiger charge is 2.10. The fourth-order valence-electron chi connectivity index (χ4n) is 2.50. The van der Waals surface area contributed by atoms with Crippen LogP contribution in [0.25, 0.3) is 0 Å². The molecule has 0 saturated heterocycles. The van der Waals surface area contributed by atoms with Gasteiger partial charge in [-0.25, -0.2) is 4.98 Å². The van der Waals surface area contributed by atoms with Gasteiger partial charge in [-0.3, -0.25) is 4.99 Å². The van der Waals surface area contributed by atoms with Crippen molar-refractivity contribution in [2.75, 3.05) is 26.2 Å². The molecule has 5 nitrogen and oxygen atoms in total. The molecule has 1 aromatic heterocycles. The molecule has 0 aromatic carbocycles. The molecule has 0 aliphatic rings. The summed E-state index contributed by atoms with van der Waals surface area (Å²) in [5.74, 6) is 1.93. The molecule has 0 fully saturated rings. The first-order valence-electron chi connectivity index (χ1n) is 8.59. The Bertz CT molecular complexity index is 459. The monoisotopic (exact) mass is 340 g/mol. The number of aliphatic imine (C=N–C) groups is 1. The molecule has 1 unspecified atom stereocenters. The molecule has 0 aliphatic carbocycles. The Hall–Kier alpha value is -1.14. The van der Waals surface area contributed by atoms with Crippen LogP contribution in [0.15, 0.2) is 11.2 Å². The van der Waals surface area contributed by atoms with E-state index < -0.39 is 0 Å². The summed E-state index contributed by atoms with van der Waals surface area (Å²) in [6, 6.07) is 0. The summed E-state index contributed by atoms with van der Waals surface area (Å²) in [6.07, 6.45) is 4.75. The van der Waals surface area contributed by atoms with Gasteiger partial charge in [0.25, 0.3) is 0 Å². The minimum atomic E-state index is 0.236. The van der Waals surface area contributed by atoms with Crippen molar-refractivity contribution in [2.24, 2.45) is 16.8 Å². The van der Waals surface area contributed by atoms with E-state index in [1.807, 2.05) is 6.20 Å². The SMILES string of the molecule is CCNC(=NCC(CCO)CC(C)C)NCCc1ncc(C)s1. The highest BCUT2D eigenvalue weighted by Crippen LogP contribution is 2.15. The van der Waals surface area contributed by atoms with Crippen LogP contribution in [-0.2, 0) is 6.42 Å². The summed E-state index contributed by atoms with van der Waals surface area (Å²) in [7, 11) is 0. The predicted octanol–water partition coefficient (Wildman–Crippen LogP) is 2.59. The zero-order chi connectivity index (χ0) is 17.1. The molecule has 1 rings (SSSR count). The second-order valence-electron chi connectivity index (χ2n) is 6.27. The fraction of sp³-hybridized carbons (Fsp3) is 0.765. The molecule has 132 valence electrons.